The lowest BCUT2D eigenvalue weighted by molar-refractivity contribution is -0.123. The number of nitrogens with one attached hydrogen (secondary N) is 1. The van der Waals surface area contributed by atoms with Crippen molar-refractivity contribution in [3.63, 3.8) is 0 Å². The molecule has 1 atom stereocenters. The molecule has 0 aliphatic carbocycles. The van der Waals surface area contributed by atoms with Crippen LogP contribution in [0.25, 0.3) is 11.0 Å². The lowest BCUT2D eigenvalue weighted by atomic mass is 10.1. The number of imidazole rings is 1. The molecule has 1 amide bonds. The van der Waals surface area contributed by atoms with Crippen molar-refractivity contribution in [3.8, 4) is 11.5 Å². The Hall–Kier alpha value is -3.80. The van der Waals surface area contributed by atoms with Crippen molar-refractivity contribution in [1.82, 2.24) is 14.9 Å². The molecule has 0 bridgehead atoms. The minimum Gasteiger partial charge on any atom is -0.492 e. The van der Waals surface area contributed by atoms with Gasteiger partial charge < -0.3 is 19.4 Å². The van der Waals surface area contributed by atoms with Crippen molar-refractivity contribution in [2.24, 2.45) is 0 Å². The maximum atomic E-state index is 12.7. The topological polar surface area (TPSA) is 65.4 Å². The van der Waals surface area contributed by atoms with E-state index in [1.54, 1.807) is 0 Å². The number of carbonyl (C=O) groups is 1. The second kappa shape index (κ2) is 10.4. The predicted octanol–water partition coefficient (Wildman–Crippen LogP) is 5.30. The molecule has 0 fully saturated rings. The number of benzene rings is 3. The van der Waals surface area contributed by atoms with E-state index in [0.717, 1.165) is 39.5 Å². The molecule has 1 heterocycles. The van der Waals surface area contributed by atoms with Crippen molar-refractivity contribution in [2.45, 2.75) is 40.3 Å². The summed E-state index contributed by atoms with van der Waals surface area (Å²) in [4.78, 5) is 17.5. The molecule has 34 heavy (non-hydrogen) atoms. The summed E-state index contributed by atoms with van der Waals surface area (Å²) < 4.78 is 13.8. The van der Waals surface area contributed by atoms with Gasteiger partial charge in [0.2, 0.25) is 0 Å². The largest absolute Gasteiger partial charge is 0.492 e. The van der Waals surface area contributed by atoms with Gasteiger partial charge in [-0.1, -0.05) is 42.0 Å². The van der Waals surface area contributed by atoms with Crippen LogP contribution in [0.15, 0.2) is 66.7 Å². The monoisotopic (exact) mass is 457 g/mol. The summed E-state index contributed by atoms with van der Waals surface area (Å²) in [7, 11) is 0. The van der Waals surface area contributed by atoms with Gasteiger partial charge in [-0.05, 0) is 69.2 Å². The minimum atomic E-state index is -0.290. The summed E-state index contributed by atoms with van der Waals surface area (Å²) in [6.07, 6.45) is 0. The highest BCUT2D eigenvalue weighted by Gasteiger charge is 2.19. The number of amides is 1. The minimum absolute atomic E-state index is 0.0502. The number of hydrogen-bond acceptors (Lipinski definition) is 4. The maximum Gasteiger partial charge on any atom is 0.258 e. The van der Waals surface area contributed by atoms with Crippen LogP contribution < -0.4 is 14.8 Å². The molecule has 4 rings (SSSR count). The van der Waals surface area contributed by atoms with Crippen molar-refractivity contribution in [3.05, 3.63) is 89.2 Å². The molecular weight excluding hydrogens is 426 g/mol. The summed E-state index contributed by atoms with van der Waals surface area (Å²) in [6.45, 7) is 9.02. The molecule has 0 saturated carbocycles. The molecular formula is C28H31N3O3. The van der Waals surface area contributed by atoms with Crippen LogP contribution >= 0.6 is 0 Å². The van der Waals surface area contributed by atoms with E-state index < -0.39 is 0 Å². The normalized spacial score (nSPS) is 11.9. The van der Waals surface area contributed by atoms with Gasteiger partial charge in [-0.15, -0.1) is 0 Å². The molecule has 0 radical (unpaired) electrons. The van der Waals surface area contributed by atoms with Crippen LogP contribution in [0.3, 0.4) is 0 Å². The number of ether oxygens (including phenoxy) is 2. The number of hydrogen-bond donors (Lipinski definition) is 1. The number of nitrogens with zero attached hydrogens (tertiary/aromatic N) is 2. The Kier molecular flexibility index (Phi) is 7.16. The number of para-hydroxylation sites is 2. The standard InChI is InChI=1S/C28H31N3O3/c1-19-10-13-23(14-11-19)33-16-15-31-25-8-6-5-7-24(25)30-28(31)22(4)29-27(32)18-34-26-17-20(2)9-12-21(26)3/h5-14,17,22H,15-16,18H2,1-4H3,(H,29,32). The SMILES string of the molecule is Cc1ccc(OCCn2c(C(C)NC(=O)COc3cc(C)ccc3C)nc3ccccc32)cc1. The average Bonchev–Trinajstić information content (AvgIpc) is 3.20. The first-order chi connectivity index (χ1) is 16.4. The Morgan fingerprint density at radius 3 is 2.50 bits per heavy atom. The van der Waals surface area contributed by atoms with E-state index in [-0.39, 0.29) is 18.6 Å². The molecule has 0 saturated heterocycles. The number of rotatable bonds is 9. The maximum absolute atomic E-state index is 12.7. The van der Waals surface area contributed by atoms with E-state index >= 15 is 0 Å². The highest BCUT2D eigenvalue weighted by atomic mass is 16.5. The van der Waals surface area contributed by atoms with Gasteiger partial charge in [-0.25, -0.2) is 4.98 Å². The van der Waals surface area contributed by atoms with Gasteiger partial charge in [-0.3, -0.25) is 4.79 Å². The number of fused-ring (bicyclic) bond motifs is 1. The summed E-state index contributed by atoms with van der Waals surface area (Å²) in [5.41, 5.74) is 5.19. The van der Waals surface area contributed by atoms with E-state index in [1.807, 2.05) is 87.5 Å². The highest BCUT2D eigenvalue weighted by Crippen LogP contribution is 2.22. The van der Waals surface area contributed by atoms with Crippen LogP contribution in [0.1, 0.15) is 35.5 Å². The highest BCUT2D eigenvalue weighted by molar-refractivity contribution is 5.79. The molecule has 0 aliphatic heterocycles. The average molecular weight is 458 g/mol. The number of aryl methyl sites for hydroxylation is 3. The Bertz CT molecular complexity index is 1280. The fourth-order valence-electron chi connectivity index (χ4n) is 3.90. The molecule has 0 spiro atoms. The van der Waals surface area contributed by atoms with Gasteiger partial charge in [-0.2, -0.15) is 0 Å². The molecule has 176 valence electrons. The summed E-state index contributed by atoms with van der Waals surface area (Å²) in [6, 6.07) is 21.7. The van der Waals surface area contributed by atoms with Crippen molar-refractivity contribution < 1.29 is 14.3 Å². The number of carbonyl (C=O) groups excluding carboxylic acids is 1. The fourth-order valence-corrected chi connectivity index (χ4v) is 3.90. The Morgan fingerprint density at radius 1 is 0.971 bits per heavy atom. The second-order valence-corrected chi connectivity index (χ2v) is 8.62. The molecule has 3 aromatic carbocycles. The summed E-state index contributed by atoms with van der Waals surface area (Å²) >= 11 is 0. The van der Waals surface area contributed by atoms with Crippen LogP contribution in [-0.2, 0) is 11.3 Å². The molecule has 1 unspecified atom stereocenters. The van der Waals surface area contributed by atoms with E-state index in [0.29, 0.717) is 13.2 Å². The van der Waals surface area contributed by atoms with Crippen LogP contribution in [0.2, 0.25) is 0 Å². The van der Waals surface area contributed by atoms with Crippen LogP contribution in [-0.4, -0.2) is 28.7 Å². The third-order valence-electron chi connectivity index (χ3n) is 5.76. The van der Waals surface area contributed by atoms with E-state index in [1.165, 1.54) is 5.56 Å². The first-order valence-corrected chi connectivity index (χ1v) is 11.5. The molecule has 0 aliphatic rings. The van der Waals surface area contributed by atoms with Gasteiger partial charge in [0.1, 0.15) is 23.9 Å². The Balaban J connectivity index is 1.43. The zero-order valence-electron chi connectivity index (χ0n) is 20.2. The van der Waals surface area contributed by atoms with Crippen LogP contribution in [0.4, 0.5) is 0 Å². The zero-order valence-corrected chi connectivity index (χ0v) is 20.2. The molecule has 6 heteroatoms. The Morgan fingerprint density at radius 2 is 1.71 bits per heavy atom. The molecule has 1 aromatic heterocycles. The van der Waals surface area contributed by atoms with Gasteiger partial charge in [0.15, 0.2) is 6.61 Å². The third kappa shape index (κ3) is 5.57. The predicted molar refractivity (Wildman–Crippen MR) is 134 cm³/mol. The summed E-state index contributed by atoms with van der Waals surface area (Å²) in [5.74, 6) is 2.15. The molecule has 4 aromatic rings. The molecule has 1 N–H and O–H groups in total. The van der Waals surface area contributed by atoms with E-state index in [9.17, 15) is 4.79 Å². The lowest BCUT2D eigenvalue weighted by Gasteiger charge is -2.17. The van der Waals surface area contributed by atoms with Gasteiger partial charge in [0.05, 0.1) is 23.6 Å². The zero-order chi connectivity index (χ0) is 24.1. The van der Waals surface area contributed by atoms with Crippen molar-refractivity contribution in [1.29, 1.82) is 0 Å². The Labute approximate surface area is 200 Å². The second-order valence-electron chi connectivity index (χ2n) is 8.62. The van der Waals surface area contributed by atoms with Gasteiger partial charge >= 0.3 is 0 Å². The van der Waals surface area contributed by atoms with Crippen molar-refractivity contribution >= 4 is 16.9 Å². The smallest absolute Gasteiger partial charge is 0.258 e. The third-order valence-corrected chi connectivity index (χ3v) is 5.76. The molecule has 6 nitrogen and oxygen atoms in total. The van der Waals surface area contributed by atoms with Gasteiger partial charge in [0, 0.05) is 0 Å². The van der Waals surface area contributed by atoms with Crippen molar-refractivity contribution in [2.75, 3.05) is 13.2 Å². The fraction of sp³-hybridized carbons (Fsp3) is 0.286. The van der Waals surface area contributed by atoms with E-state index in [2.05, 4.69) is 16.8 Å². The van der Waals surface area contributed by atoms with Gasteiger partial charge in [0.25, 0.3) is 5.91 Å². The summed E-state index contributed by atoms with van der Waals surface area (Å²) in [5, 5.41) is 3.03. The number of aromatic nitrogens is 2. The quantitative estimate of drug-likeness (QED) is 0.371. The lowest BCUT2D eigenvalue weighted by Crippen LogP contribution is -2.33. The van der Waals surface area contributed by atoms with Crippen LogP contribution in [0.5, 0.6) is 11.5 Å². The van der Waals surface area contributed by atoms with Crippen LogP contribution in [0, 0.1) is 20.8 Å². The first kappa shape index (κ1) is 23.4. The van der Waals surface area contributed by atoms with E-state index in [4.69, 9.17) is 14.5 Å². The first-order valence-electron chi connectivity index (χ1n) is 11.5.